The zero-order valence-electron chi connectivity index (χ0n) is 18.5. The van der Waals surface area contributed by atoms with Crippen molar-refractivity contribution in [3.05, 3.63) is 82.9 Å². The Morgan fingerprint density at radius 1 is 0.871 bits per heavy atom. The van der Waals surface area contributed by atoms with Gasteiger partial charge in [0.1, 0.15) is 12.4 Å². The summed E-state index contributed by atoms with van der Waals surface area (Å²) >= 11 is 0. The number of anilines is 1. The average Bonchev–Trinajstić information content (AvgIpc) is 2.80. The highest BCUT2D eigenvalue weighted by atomic mass is 16.5. The molecule has 0 aliphatic carbocycles. The van der Waals surface area contributed by atoms with Gasteiger partial charge in [0.2, 0.25) is 0 Å². The van der Waals surface area contributed by atoms with Gasteiger partial charge >= 0.3 is 0 Å². The van der Waals surface area contributed by atoms with Crippen LogP contribution in [0.25, 0.3) is 0 Å². The zero-order valence-corrected chi connectivity index (χ0v) is 18.5. The second kappa shape index (κ2) is 10.5. The number of benzene rings is 3. The first-order valence-electron chi connectivity index (χ1n) is 10.5. The molecule has 0 aromatic heterocycles. The highest BCUT2D eigenvalue weighted by molar-refractivity contribution is 6.05. The first-order valence-corrected chi connectivity index (χ1v) is 10.5. The lowest BCUT2D eigenvalue weighted by Gasteiger charge is -2.16. The van der Waals surface area contributed by atoms with Gasteiger partial charge in [0, 0.05) is 16.8 Å². The van der Waals surface area contributed by atoms with E-state index in [1.54, 1.807) is 13.2 Å². The van der Waals surface area contributed by atoms with Crippen molar-refractivity contribution in [2.45, 2.75) is 33.8 Å². The molecule has 0 saturated heterocycles. The Morgan fingerprint density at radius 3 is 2.35 bits per heavy atom. The average molecular weight is 420 g/mol. The van der Waals surface area contributed by atoms with Gasteiger partial charge in [-0.15, -0.1) is 0 Å². The van der Waals surface area contributed by atoms with E-state index in [2.05, 4.69) is 12.2 Å². The predicted octanol–water partition coefficient (Wildman–Crippen LogP) is 5.80. The highest BCUT2D eigenvalue weighted by Gasteiger charge is 2.14. The molecule has 0 spiro atoms. The summed E-state index contributed by atoms with van der Waals surface area (Å²) in [4.78, 5) is 13.0. The maximum absolute atomic E-state index is 13.0. The third-order valence-electron chi connectivity index (χ3n) is 5.05. The molecule has 162 valence electrons. The summed E-state index contributed by atoms with van der Waals surface area (Å²) in [6.07, 6.45) is 0.846. The van der Waals surface area contributed by atoms with Crippen molar-refractivity contribution in [2.24, 2.45) is 0 Å². The molecule has 3 aromatic rings. The van der Waals surface area contributed by atoms with Gasteiger partial charge < -0.3 is 19.5 Å². The van der Waals surface area contributed by atoms with E-state index in [0.717, 1.165) is 28.8 Å². The monoisotopic (exact) mass is 419 g/mol. The number of methoxy groups -OCH3 is 1. The summed E-state index contributed by atoms with van der Waals surface area (Å²) in [5.41, 5.74) is 4.36. The Morgan fingerprint density at radius 2 is 1.65 bits per heavy atom. The fourth-order valence-electron chi connectivity index (χ4n) is 3.41. The lowest BCUT2D eigenvalue weighted by atomic mass is 10.0. The molecule has 0 unspecified atom stereocenters. The van der Waals surface area contributed by atoms with Crippen LogP contribution < -0.4 is 19.5 Å². The molecular formula is C26H29NO4. The van der Waals surface area contributed by atoms with Crippen LogP contribution in [-0.2, 0) is 13.0 Å². The summed E-state index contributed by atoms with van der Waals surface area (Å²) in [7, 11) is 1.61. The molecule has 1 amide bonds. The smallest absolute Gasteiger partial charge is 0.255 e. The minimum Gasteiger partial charge on any atom is -0.493 e. The van der Waals surface area contributed by atoms with E-state index in [-0.39, 0.29) is 12.5 Å². The predicted molar refractivity (Wildman–Crippen MR) is 123 cm³/mol. The van der Waals surface area contributed by atoms with E-state index in [4.69, 9.17) is 14.2 Å². The summed E-state index contributed by atoms with van der Waals surface area (Å²) in [5.74, 6) is 1.82. The van der Waals surface area contributed by atoms with E-state index in [0.29, 0.717) is 29.4 Å². The van der Waals surface area contributed by atoms with Gasteiger partial charge in [-0.1, -0.05) is 37.3 Å². The summed E-state index contributed by atoms with van der Waals surface area (Å²) in [5, 5.41) is 3.08. The number of ether oxygens (including phenoxy) is 3. The number of para-hydroxylation sites is 3. The molecule has 3 aromatic carbocycles. The van der Waals surface area contributed by atoms with Crippen molar-refractivity contribution in [3.8, 4) is 17.2 Å². The second-order valence-corrected chi connectivity index (χ2v) is 7.11. The van der Waals surface area contributed by atoms with Crippen LogP contribution in [0.4, 0.5) is 5.69 Å². The molecule has 0 aliphatic heterocycles. The summed E-state index contributed by atoms with van der Waals surface area (Å²) < 4.78 is 17.1. The van der Waals surface area contributed by atoms with Crippen molar-refractivity contribution in [3.63, 3.8) is 0 Å². The minimum absolute atomic E-state index is 0.161. The Hall–Kier alpha value is -3.47. The maximum Gasteiger partial charge on any atom is 0.255 e. The van der Waals surface area contributed by atoms with Crippen LogP contribution in [0.1, 0.15) is 40.9 Å². The fraction of sp³-hybridized carbons (Fsp3) is 0.269. The Kier molecular flexibility index (Phi) is 7.55. The van der Waals surface area contributed by atoms with Crippen LogP contribution in [-0.4, -0.2) is 19.6 Å². The van der Waals surface area contributed by atoms with E-state index in [9.17, 15) is 4.79 Å². The second-order valence-electron chi connectivity index (χ2n) is 7.11. The number of hydrogen-bond acceptors (Lipinski definition) is 4. The number of rotatable bonds is 9. The molecule has 0 heterocycles. The number of carbonyl (C=O) groups excluding carboxylic acids is 1. The standard InChI is InChI=1S/C26H29NO4/c1-5-19-11-9-10-18(3)25(19)27-26(28)20-14-15-22(30-6-2)21(16-20)17-31-24-13-8-7-12-23(24)29-4/h7-16H,5-6,17H2,1-4H3,(H,27,28). The molecule has 0 saturated carbocycles. The minimum atomic E-state index is -0.161. The molecule has 0 aliphatic rings. The quantitative estimate of drug-likeness (QED) is 0.476. The molecule has 0 atom stereocenters. The van der Waals surface area contributed by atoms with Gasteiger partial charge in [-0.3, -0.25) is 4.79 Å². The number of hydrogen-bond donors (Lipinski definition) is 1. The topological polar surface area (TPSA) is 56.8 Å². The number of nitrogens with one attached hydrogen (secondary N) is 1. The van der Waals surface area contributed by atoms with Gasteiger partial charge in [0.25, 0.3) is 5.91 Å². The zero-order chi connectivity index (χ0) is 22.2. The maximum atomic E-state index is 13.0. The molecule has 5 nitrogen and oxygen atoms in total. The number of aryl methyl sites for hydroxylation is 2. The number of carbonyl (C=O) groups is 1. The molecular weight excluding hydrogens is 390 g/mol. The lowest BCUT2D eigenvalue weighted by Crippen LogP contribution is -2.15. The van der Waals surface area contributed by atoms with E-state index in [1.807, 2.05) is 68.4 Å². The molecule has 0 fully saturated rings. The summed E-state index contributed by atoms with van der Waals surface area (Å²) in [6.45, 7) is 6.78. The van der Waals surface area contributed by atoms with Crippen LogP contribution in [0.3, 0.4) is 0 Å². The third-order valence-corrected chi connectivity index (χ3v) is 5.05. The Labute approximate surface area is 184 Å². The largest absolute Gasteiger partial charge is 0.493 e. The van der Waals surface area contributed by atoms with Crippen LogP contribution in [0, 0.1) is 6.92 Å². The van der Waals surface area contributed by atoms with Crippen molar-refractivity contribution in [1.29, 1.82) is 0 Å². The lowest BCUT2D eigenvalue weighted by molar-refractivity contribution is 0.102. The molecule has 5 heteroatoms. The van der Waals surface area contributed by atoms with Gasteiger partial charge in [0.05, 0.1) is 13.7 Å². The molecule has 0 radical (unpaired) electrons. The van der Waals surface area contributed by atoms with Gasteiger partial charge in [0.15, 0.2) is 11.5 Å². The molecule has 1 N–H and O–H groups in total. The molecule has 0 bridgehead atoms. The van der Waals surface area contributed by atoms with Crippen molar-refractivity contribution in [2.75, 3.05) is 19.0 Å². The fourth-order valence-corrected chi connectivity index (χ4v) is 3.41. The van der Waals surface area contributed by atoms with Crippen LogP contribution in [0.2, 0.25) is 0 Å². The first-order chi connectivity index (χ1) is 15.1. The van der Waals surface area contributed by atoms with Gasteiger partial charge in [-0.2, -0.15) is 0 Å². The molecule has 31 heavy (non-hydrogen) atoms. The SMILES string of the molecule is CCOc1ccc(C(=O)Nc2c(C)cccc2CC)cc1COc1ccccc1OC. The van der Waals surface area contributed by atoms with Gasteiger partial charge in [-0.05, 0) is 61.7 Å². The van der Waals surface area contributed by atoms with E-state index in [1.165, 1.54) is 0 Å². The third kappa shape index (κ3) is 5.37. The van der Waals surface area contributed by atoms with Crippen LogP contribution >= 0.6 is 0 Å². The van der Waals surface area contributed by atoms with Crippen LogP contribution in [0.15, 0.2) is 60.7 Å². The Bertz CT molecular complexity index is 1050. The van der Waals surface area contributed by atoms with Gasteiger partial charge in [-0.25, -0.2) is 0 Å². The summed E-state index contributed by atoms with van der Waals surface area (Å²) in [6, 6.07) is 18.9. The highest BCUT2D eigenvalue weighted by Crippen LogP contribution is 2.29. The van der Waals surface area contributed by atoms with E-state index < -0.39 is 0 Å². The number of amides is 1. The van der Waals surface area contributed by atoms with Crippen LogP contribution in [0.5, 0.6) is 17.2 Å². The first kappa shape index (κ1) is 22.2. The molecule has 3 rings (SSSR count). The van der Waals surface area contributed by atoms with E-state index >= 15 is 0 Å². The van der Waals surface area contributed by atoms with Crippen molar-refractivity contribution >= 4 is 11.6 Å². The normalized spacial score (nSPS) is 10.5. The Balaban J connectivity index is 1.85. The van der Waals surface area contributed by atoms with Crippen molar-refractivity contribution < 1.29 is 19.0 Å². The van der Waals surface area contributed by atoms with Crippen molar-refractivity contribution in [1.82, 2.24) is 0 Å².